The first-order chi connectivity index (χ1) is 7.56. The Hall–Kier alpha value is -2.62. The molecule has 1 rings (SSSR count). The summed E-state index contributed by atoms with van der Waals surface area (Å²) in [5, 5.41) is 27.5. The van der Waals surface area contributed by atoms with Gasteiger partial charge in [-0.1, -0.05) is 0 Å². The lowest BCUT2D eigenvalue weighted by atomic mass is 10.2. The van der Waals surface area contributed by atoms with Gasteiger partial charge in [0, 0.05) is 12.1 Å². The van der Waals surface area contributed by atoms with E-state index in [9.17, 15) is 14.9 Å². The highest BCUT2D eigenvalue weighted by molar-refractivity contribution is 5.92. The Labute approximate surface area is 89.6 Å². The van der Waals surface area contributed by atoms with Gasteiger partial charge >= 0.3 is 5.97 Å². The molecule has 7 nitrogen and oxygen atoms in total. The topological polar surface area (TPSA) is 113 Å². The molecule has 0 unspecified atom stereocenters. The second-order valence-electron chi connectivity index (χ2n) is 2.69. The fourth-order valence-corrected chi connectivity index (χ4v) is 1.05. The van der Waals surface area contributed by atoms with Crippen LogP contribution in [0.4, 0.5) is 5.69 Å². The van der Waals surface area contributed by atoms with E-state index in [1.165, 1.54) is 6.07 Å². The number of ether oxygens (including phenoxy) is 1. The van der Waals surface area contributed by atoms with Crippen molar-refractivity contribution in [3.8, 4) is 11.8 Å². The number of carboxylic acids is 1. The van der Waals surface area contributed by atoms with E-state index >= 15 is 0 Å². The molecule has 1 aromatic rings. The molecule has 0 saturated heterocycles. The van der Waals surface area contributed by atoms with Crippen LogP contribution in [-0.2, 0) is 0 Å². The van der Waals surface area contributed by atoms with Crippen LogP contribution >= 0.6 is 0 Å². The number of aromatic carboxylic acids is 1. The van der Waals surface area contributed by atoms with E-state index < -0.39 is 22.1 Å². The molecule has 82 valence electrons. The highest BCUT2D eigenvalue weighted by Crippen LogP contribution is 2.23. The Kier molecular flexibility index (Phi) is 3.40. The number of nitro groups is 1. The van der Waals surface area contributed by atoms with Crippen molar-refractivity contribution in [3.05, 3.63) is 33.9 Å². The monoisotopic (exact) mass is 222 g/mol. The van der Waals surface area contributed by atoms with Crippen LogP contribution in [0.3, 0.4) is 0 Å². The fourth-order valence-electron chi connectivity index (χ4n) is 1.05. The van der Waals surface area contributed by atoms with Crippen LogP contribution < -0.4 is 4.74 Å². The van der Waals surface area contributed by atoms with Crippen LogP contribution in [0.2, 0.25) is 0 Å². The average molecular weight is 222 g/mol. The first-order valence-corrected chi connectivity index (χ1v) is 4.07. The van der Waals surface area contributed by atoms with Crippen molar-refractivity contribution in [3.63, 3.8) is 0 Å². The smallest absolute Gasteiger partial charge is 0.342 e. The summed E-state index contributed by atoms with van der Waals surface area (Å²) in [6, 6.07) is 4.97. The van der Waals surface area contributed by atoms with Crippen LogP contribution in [0.1, 0.15) is 10.4 Å². The minimum absolute atomic E-state index is 0.101. The van der Waals surface area contributed by atoms with Gasteiger partial charge < -0.3 is 9.84 Å². The number of nitrogens with zero attached hydrogens (tertiary/aromatic N) is 2. The quantitative estimate of drug-likeness (QED) is 0.604. The number of hydrogen-bond donors (Lipinski definition) is 1. The number of nitro benzene ring substituents is 1. The third-order valence-electron chi connectivity index (χ3n) is 1.70. The van der Waals surface area contributed by atoms with Crippen molar-refractivity contribution < 1.29 is 19.6 Å². The van der Waals surface area contributed by atoms with Gasteiger partial charge in [-0.15, -0.1) is 0 Å². The first kappa shape index (κ1) is 11.5. The van der Waals surface area contributed by atoms with E-state index in [1.807, 2.05) is 0 Å². The molecule has 0 aliphatic rings. The molecule has 0 fully saturated rings. The number of carbonyl (C=O) groups is 1. The fraction of sp³-hybridized carbons (Fsp3) is 0.111. The predicted octanol–water partition coefficient (Wildman–Crippen LogP) is 1.20. The number of rotatable bonds is 4. The van der Waals surface area contributed by atoms with Crippen LogP contribution in [-0.4, -0.2) is 22.6 Å². The highest BCUT2D eigenvalue weighted by atomic mass is 16.6. The number of benzene rings is 1. The van der Waals surface area contributed by atoms with E-state index in [1.54, 1.807) is 6.07 Å². The molecule has 7 heteroatoms. The second kappa shape index (κ2) is 4.75. The molecule has 0 amide bonds. The minimum atomic E-state index is -1.42. The Morgan fingerprint density at radius 3 is 2.81 bits per heavy atom. The normalized spacial score (nSPS) is 9.19. The van der Waals surface area contributed by atoms with Gasteiger partial charge in [0.25, 0.3) is 5.69 Å². The van der Waals surface area contributed by atoms with E-state index in [2.05, 4.69) is 0 Å². The van der Waals surface area contributed by atoms with Crippen LogP contribution in [0.5, 0.6) is 5.75 Å². The number of nitriles is 1. The summed E-state index contributed by atoms with van der Waals surface area (Å²) in [7, 11) is 0. The maximum atomic E-state index is 10.7. The van der Waals surface area contributed by atoms with Crippen LogP contribution in [0, 0.1) is 21.4 Å². The highest BCUT2D eigenvalue weighted by Gasteiger charge is 2.20. The summed E-state index contributed by atoms with van der Waals surface area (Å²) >= 11 is 0. The Balaban J connectivity index is 3.13. The molecule has 0 heterocycles. The Bertz CT molecular complexity index is 477. The molecule has 0 radical (unpaired) electrons. The zero-order chi connectivity index (χ0) is 12.1. The lowest BCUT2D eigenvalue weighted by Gasteiger charge is -2.03. The maximum Gasteiger partial charge on any atom is 0.342 e. The maximum absolute atomic E-state index is 10.7. The summed E-state index contributed by atoms with van der Waals surface area (Å²) < 4.78 is 4.83. The standard InChI is InChI=1S/C9H6N2O5/c10-3-4-16-6-1-2-8(11(14)15)7(5-6)9(12)13/h1-2,5H,4H2,(H,12,13). The SMILES string of the molecule is N#CCOc1ccc([N+](=O)[O-])c(C(=O)O)c1. The lowest BCUT2D eigenvalue weighted by molar-refractivity contribution is -0.385. The third kappa shape index (κ3) is 2.45. The van der Waals surface area contributed by atoms with E-state index in [0.717, 1.165) is 12.1 Å². The molecule has 0 saturated carbocycles. The zero-order valence-corrected chi connectivity index (χ0v) is 7.91. The molecule has 0 aromatic heterocycles. The molecule has 0 aliphatic heterocycles. The van der Waals surface area contributed by atoms with Crippen LogP contribution in [0.15, 0.2) is 18.2 Å². The van der Waals surface area contributed by atoms with E-state index in [4.69, 9.17) is 15.1 Å². The first-order valence-electron chi connectivity index (χ1n) is 4.07. The molecule has 1 N–H and O–H groups in total. The van der Waals surface area contributed by atoms with Crippen molar-refractivity contribution in [1.82, 2.24) is 0 Å². The van der Waals surface area contributed by atoms with Gasteiger partial charge in [-0.05, 0) is 6.07 Å². The molecule has 0 atom stereocenters. The lowest BCUT2D eigenvalue weighted by Crippen LogP contribution is -2.03. The van der Waals surface area contributed by atoms with Gasteiger partial charge in [0.05, 0.1) is 4.92 Å². The summed E-state index contributed by atoms with van der Waals surface area (Å²) in [5.74, 6) is -1.32. The summed E-state index contributed by atoms with van der Waals surface area (Å²) in [6.07, 6.45) is 0. The van der Waals surface area contributed by atoms with Crippen molar-refractivity contribution in [2.45, 2.75) is 0 Å². The molecule has 1 aromatic carbocycles. The van der Waals surface area contributed by atoms with E-state index in [-0.39, 0.29) is 12.4 Å². The molecule has 16 heavy (non-hydrogen) atoms. The van der Waals surface area contributed by atoms with Gasteiger partial charge in [-0.2, -0.15) is 5.26 Å². The van der Waals surface area contributed by atoms with Gasteiger partial charge in [0.15, 0.2) is 6.61 Å². The predicted molar refractivity (Wildman–Crippen MR) is 51.2 cm³/mol. The minimum Gasteiger partial charge on any atom is -0.479 e. The van der Waals surface area contributed by atoms with Gasteiger partial charge in [0.1, 0.15) is 17.4 Å². The summed E-state index contributed by atoms with van der Waals surface area (Å²) in [6.45, 7) is -0.253. The van der Waals surface area contributed by atoms with Crippen molar-refractivity contribution in [2.24, 2.45) is 0 Å². The largest absolute Gasteiger partial charge is 0.479 e. The Morgan fingerprint density at radius 2 is 2.31 bits per heavy atom. The average Bonchev–Trinajstić information content (AvgIpc) is 2.25. The zero-order valence-electron chi connectivity index (χ0n) is 7.91. The second-order valence-corrected chi connectivity index (χ2v) is 2.69. The molecule has 0 bridgehead atoms. The third-order valence-corrected chi connectivity index (χ3v) is 1.70. The van der Waals surface area contributed by atoms with Crippen molar-refractivity contribution in [1.29, 1.82) is 5.26 Å². The summed E-state index contributed by atoms with van der Waals surface area (Å²) in [4.78, 5) is 20.4. The number of carboxylic acid groups (broad SMARTS) is 1. The molecule has 0 aliphatic carbocycles. The van der Waals surface area contributed by atoms with Gasteiger partial charge in [-0.3, -0.25) is 10.1 Å². The molecule has 0 spiro atoms. The Morgan fingerprint density at radius 1 is 1.62 bits per heavy atom. The van der Waals surface area contributed by atoms with Crippen molar-refractivity contribution >= 4 is 11.7 Å². The van der Waals surface area contributed by atoms with Crippen LogP contribution in [0.25, 0.3) is 0 Å². The van der Waals surface area contributed by atoms with Crippen molar-refractivity contribution in [2.75, 3.05) is 6.61 Å². The van der Waals surface area contributed by atoms with E-state index in [0.29, 0.717) is 0 Å². The van der Waals surface area contributed by atoms with Gasteiger partial charge in [-0.25, -0.2) is 4.79 Å². The molecular weight excluding hydrogens is 216 g/mol. The number of hydrogen-bond acceptors (Lipinski definition) is 5. The van der Waals surface area contributed by atoms with Gasteiger partial charge in [0.2, 0.25) is 0 Å². The molecular formula is C9H6N2O5. The summed E-state index contributed by atoms with van der Waals surface area (Å²) in [5.41, 5.74) is -0.989.